The molecule has 7 heteroatoms. The highest BCUT2D eigenvalue weighted by Gasteiger charge is 2.22. The molecule has 74 valence electrons. The smallest absolute Gasteiger partial charge is 0.248 e. The van der Waals surface area contributed by atoms with E-state index in [4.69, 9.17) is 0 Å². The predicted molar refractivity (Wildman–Crippen MR) is 47.5 cm³/mol. The Labute approximate surface area is 80.3 Å². The topological polar surface area (TPSA) is 89.0 Å². The average Bonchev–Trinajstić information content (AvgIpc) is 2.41. The fourth-order valence-electron chi connectivity index (χ4n) is 1.16. The molecule has 0 spiro atoms. The molecular weight excluding hydrogens is 206 g/mol. The molecule has 14 heavy (non-hydrogen) atoms. The summed E-state index contributed by atoms with van der Waals surface area (Å²) in [5, 5.41) is 2.19. The van der Waals surface area contributed by atoms with Gasteiger partial charge in [0.1, 0.15) is 5.82 Å². The summed E-state index contributed by atoms with van der Waals surface area (Å²) in [6.45, 7) is 0. The molecule has 1 aromatic heterocycles. The van der Waals surface area contributed by atoms with Gasteiger partial charge in [0.2, 0.25) is 20.9 Å². The van der Waals surface area contributed by atoms with Crippen molar-refractivity contribution in [3.05, 3.63) is 11.8 Å². The Kier molecular flexibility index (Phi) is 1.78. The number of amides is 1. The van der Waals surface area contributed by atoms with Crippen LogP contribution in [0.15, 0.2) is 11.4 Å². The first-order valence-electron chi connectivity index (χ1n) is 3.82. The van der Waals surface area contributed by atoms with Crippen LogP contribution >= 0.6 is 0 Å². The Bertz CT molecular complexity index is 509. The molecule has 1 aromatic rings. The second-order valence-corrected chi connectivity index (χ2v) is 4.93. The molecule has 0 unspecified atom stereocenters. The lowest BCUT2D eigenvalue weighted by Crippen LogP contribution is -2.07. The molecular formula is C7H7N3O3S. The predicted octanol–water partition coefficient (Wildman–Crippen LogP) is -0.625. The van der Waals surface area contributed by atoms with Gasteiger partial charge in [0.15, 0.2) is 0 Å². The van der Waals surface area contributed by atoms with Gasteiger partial charge in [0.05, 0.1) is 6.42 Å². The van der Waals surface area contributed by atoms with Crippen molar-refractivity contribution >= 4 is 21.6 Å². The highest BCUT2D eigenvalue weighted by Crippen LogP contribution is 2.20. The molecule has 1 aliphatic rings. The number of carbonyl (C=O) groups is 1. The van der Waals surface area contributed by atoms with Crippen LogP contribution in [0.1, 0.15) is 5.56 Å². The number of sulfone groups is 1. The number of anilines is 1. The number of aromatic nitrogens is 2. The van der Waals surface area contributed by atoms with Crippen LogP contribution in [-0.2, 0) is 21.1 Å². The van der Waals surface area contributed by atoms with Crippen molar-refractivity contribution in [1.82, 2.24) is 9.97 Å². The molecule has 0 bridgehead atoms. The van der Waals surface area contributed by atoms with Crippen LogP contribution in [-0.4, -0.2) is 30.5 Å². The summed E-state index contributed by atoms with van der Waals surface area (Å²) in [6.07, 6.45) is 2.58. The summed E-state index contributed by atoms with van der Waals surface area (Å²) in [5.41, 5.74) is 0.627. The Morgan fingerprint density at radius 1 is 1.50 bits per heavy atom. The second kappa shape index (κ2) is 2.74. The van der Waals surface area contributed by atoms with Crippen molar-refractivity contribution in [2.45, 2.75) is 11.6 Å². The summed E-state index contributed by atoms with van der Waals surface area (Å²) in [5.74, 6) is 0.102. The number of hydrogen-bond donors (Lipinski definition) is 1. The summed E-state index contributed by atoms with van der Waals surface area (Å²) in [7, 11) is -3.42. The van der Waals surface area contributed by atoms with Crippen molar-refractivity contribution < 1.29 is 13.2 Å². The maximum atomic E-state index is 11.1. The van der Waals surface area contributed by atoms with E-state index in [1.165, 1.54) is 6.20 Å². The minimum Gasteiger partial charge on any atom is -0.310 e. The maximum Gasteiger partial charge on any atom is 0.248 e. The van der Waals surface area contributed by atoms with E-state index in [1.807, 2.05) is 0 Å². The quantitative estimate of drug-likeness (QED) is 0.628. The molecule has 1 amide bonds. The van der Waals surface area contributed by atoms with E-state index in [2.05, 4.69) is 15.3 Å². The van der Waals surface area contributed by atoms with Crippen LogP contribution in [0.3, 0.4) is 0 Å². The minimum absolute atomic E-state index is 0.194. The first-order valence-corrected chi connectivity index (χ1v) is 5.72. The summed E-state index contributed by atoms with van der Waals surface area (Å²) in [4.78, 5) is 18.3. The molecule has 1 aliphatic heterocycles. The van der Waals surface area contributed by atoms with E-state index in [9.17, 15) is 13.2 Å². The maximum absolute atomic E-state index is 11.1. The molecule has 0 aliphatic carbocycles. The fraction of sp³-hybridized carbons (Fsp3) is 0.286. The molecule has 0 radical (unpaired) electrons. The average molecular weight is 213 g/mol. The van der Waals surface area contributed by atoms with Gasteiger partial charge in [-0.3, -0.25) is 4.79 Å². The zero-order chi connectivity index (χ0) is 10.3. The monoisotopic (exact) mass is 213 g/mol. The number of nitrogens with zero attached hydrogens (tertiary/aromatic N) is 2. The third kappa shape index (κ3) is 1.46. The summed E-state index contributed by atoms with van der Waals surface area (Å²) < 4.78 is 22.2. The Balaban J connectivity index is 2.53. The Morgan fingerprint density at radius 3 is 2.86 bits per heavy atom. The van der Waals surface area contributed by atoms with Crippen LogP contribution in [0, 0.1) is 0 Å². The standard InChI is InChI=1S/C7H7N3O3S/c1-14(12,13)7-8-3-4-2-5(11)9-6(4)10-7/h3H,2H2,1H3,(H,8,9,10,11). The third-order valence-corrected chi connectivity index (χ3v) is 2.64. The van der Waals surface area contributed by atoms with Gasteiger partial charge in [-0.15, -0.1) is 0 Å². The van der Waals surface area contributed by atoms with Gasteiger partial charge in [0.25, 0.3) is 0 Å². The van der Waals surface area contributed by atoms with E-state index in [-0.39, 0.29) is 17.5 Å². The zero-order valence-corrected chi connectivity index (χ0v) is 8.13. The Morgan fingerprint density at radius 2 is 2.21 bits per heavy atom. The zero-order valence-electron chi connectivity index (χ0n) is 7.31. The van der Waals surface area contributed by atoms with Gasteiger partial charge < -0.3 is 5.32 Å². The van der Waals surface area contributed by atoms with Crippen LogP contribution < -0.4 is 5.32 Å². The first kappa shape index (κ1) is 9.07. The van der Waals surface area contributed by atoms with E-state index in [0.29, 0.717) is 11.4 Å². The van der Waals surface area contributed by atoms with E-state index in [0.717, 1.165) is 6.26 Å². The number of rotatable bonds is 1. The van der Waals surface area contributed by atoms with Crippen molar-refractivity contribution in [2.24, 2.45) is 0 Å². The lowest BCUT2D eigenvalue weighted by Gasteiger charge is -1.99. The first-order chi connectivity index (χ1) is 6.47. The molecule has 0 saturated carbocycles. The SMILES string of the molecule is CS(=O)(=O)c1ncc2c(n1)NC(=O)C2. The van der Waals surface area contributed by atoms with Crippen LogP contribution in [0.2, 0.25) is 0 Å². The highest BCUT2D eigenvalue weighted by atomic mass is 32.2. The molecule has 0 aromatic carbocycles. The van der Waals surface area contributed by atoms with Crippen LogP contribution in [0.4, 0.5) is 5.82 Å². The third-order valence-electron chi connectivity index (χ3n) is 1.78. The summed E-state index contributed by atoms with van der Waals surface area (Å²) >= 11 is 0. The van der Waals surface area contributed by atoms with Gasteiger partial charge in [0, 0.05) is 18.0 Å². The molecule has 2 heterocycles. The van der Waals surface area contributed by atoms with Gasteiger partial charge in [-0.05, 0) is 0 Å². The van der Waals surface area contributed by atoms with Crippen LogP contribution in [0.25, 0.3) is 0 Å². The number of fused-ring (bicyclic) bond motifs is 1. The van der Waals surface area contributed by atoms with Crippen molar-refractivity contribution in [3.63, 3.8) is 0 Å². The summed E-state index contributed by atoms with van der Waals surface area (Å²) in [6, 6.07) is 0. The van der Waals surface area contributed by atoms with E-state index < -0.39 is 9.84 Å². The molecule has 0 saturated heterocycles. The van der Waals surface area contributed by atoms with Crippen molar-refractivity contribution in [2.75, 3.05) is 11.6 Å². The second-order valence-electron chi connectivity index (χ2n) is 3.02. The molecule has 1 N–H and O–H groups in total. The normalized spacial score (nSPS) is 15.1. The van der Waals surface area contributed by atoms with E-state index in [1.54, 1.807) is 0 Å². The lowest BCUT2D eigenvalue weighted by atomic mass is 10.3. The van der Waals surface area contributed by atoms with Gasteiger partial charge in [-0.1, -0.05) is 0 Å². The molecule has 0 atom stereocenters. The largest absolute Gasteiger partial charge is 0.310 e. The number of carbonyl (C=O) groups excluding carboxylic acids is 1. The molecule has 6 nitrogen and oxygen atoms in total. The van der Waals surface area contributed by atoms with Gasteiger partial charge in [-0.25, -0.2) is 18.4 Å². The van der Waals surface area contributed by atoms with Gasteiger partial charge in [-0.2, -0.15) is 0 Å². The van der Waals surface area contributed by atoms with Crippen molar-refractivity contribution in [3.8, 4) is 0 Å². The van der Waals surface area contributed by atoms with Crippen LogP contribution in [0.5, 0.6) is 0 Å². The fourth-order valence-corrected chi connectivity index (χ4v) is 1.66. The van der Waals surface area contributed by atoms with Crippen molar-refractivity contribution in [1.29, 1.82) is 0 Å². The lowest BCUT2D eigenvalue weighted by molar-refractivity contribution is -0.115. The molecule has 2 rings (SSSR count). The molecule has 0 fully saturated rings. The van der Waals surface area contributed by atoms with Gasteiger partial charge >= 0.3 is 0 Å². The van der Waals surface area contributed by atoms with E-state index >= 15 is 0 Å². The number of hydrogen-bond acceptors (Lipinski definition) is 5. The Hall–Kier alpha value is -1.50. The minimum atomic E-state index is -3.42. The highest BCUT2D eigenvalue weighted by molar-refractivity contribution is 7.90. The number of nitrogens with one attached hydrogen (secondary N) is 1.